The molecule has 0 atom stereocenters. The van der Waals surface area contributed by atoms with Crippen LogP contribution in [0.2, 0.25) is 0 Å². The molecule has 4 rings (SSSR count). The van der Waals surface area contributed by atoms with Gasteiger partial charge in [0.05, 0.1) is 5.41 Å². The number of carbonyl (C=O) groups excluding carboxylic acids is 1. The maximum Gasteiger partial charge on any atom is 0.312 e. The van der Waals surface area contributed by atoms with Crippen LogP contribution in [0.25, 0.3) is 11.1 Å². The van der Waals surface area contributed by atoms with Crippen LogP contribution in [0.15, 0.2) is 60.0 Å². The monoisotopic (exact) mass is 462 g/mol. The molecule has 0 bridgehead atoms. The molecule has 1 fully saturated rings. The second kappa shape index (κ2) is 9.99. The van der Waals surface area contributed by atoms with Crippen molar-refractivity contribution in [1.29, 1.82) is 0 Å². The Morgan fingerprint density at radius 2 is 1.97 bits per heavy atom. The van der Waals surface area contributed by atoms with E-state index in [9.17, 15) is 9.18 Å². The van der Waals surface area contributed by atoms with Crippen molar-refractivity contribution in [2.24, 2.45) is 16.3 Å². The van der Waals surface area contributed by atoms with Gasteiger partial charge in [0.15, 0.2) is 11.7 Å². The molecule has 176 valence electrons. The first-order valence-corrected chi connectivity index (χ1v) is 11.2. The van der Waals surface area contributed by atoms with E-state index in [-0.39, 0.29) is 22.9 Å². The third kappa shape index (κ3) is 5.22. The number of benzene rings is 1. The SMILES string of the molecule is Cc1cc(CCCC2(C(=O)OCc3ccccc3)CC2)ncc1-c1cnc(C(N)=NO)c(F)c1. The normalized spacial score (nSPS) is 14.6. The zero-order valence-electron chi connectivity index (χ0n) is 19.0. The number of oxime groups is 1. The number of rotatable bonds is 9. The van der Waals surface area contributed by atoms with E-state index in [1.54, 1.807) is 6.20 Å². The summed E-state index contributed by atoms with van der Waals surface area (Å²) in [5.41, 5.74) is 9.02. The molecular weight excluding hydrogens is 435 g/mol. The molecule has 2 heterocycles. The standard InChI is InChI=1S/C26H27FN4O3/c1-17-12-20(29-15-21(17)19-13-22(27)23(30-14-19)24(28)31-33)8-5-9-26(10-11-26)25(32)34-16-18-6-3-2-4-7-18/h2-4,6-7,12-15,33H,5,8-11,16H2,1H3,(H2,28,31). The zero-order valence-corrected chi connectivity index (χ0v) is 19.0. The number of hydrogen-bond acceptors (Lipinski definition) is 6. The van der Waals surface area contributed by atoms with Crippen molar-refractivity contribution < 1.29 is 19.1 Å². The van der Waals surface area contributed by atoms with E-state index in [4.69, 9.17) is 15.7 Å². The van der Waals surface area contributed by atoms with Crippen LogP contribution in [0.1, 0.15) is 48.2 Å². The lowest BCUT2D eigenvalue weighted by atomic mass is 9.97. The maximum absolute atomic E-state index is 14.3. The number of hydrogen-bond donors (Lipinski definition) is 2. The first kappa shape index (κ1) is 23.4. The van der Waals surface area contributed by atoms with Crippen LogP contribution in [0, 0.1) is 18.2 Å². The number of aromatic nitrogens is 2. The molecule has 1 aliphatic carbocycles. The Balaban J connectivity index is 1.33. The van der Waals surface area contributed by atoms with E-state index >= 15 is 0 Å². The summed E-state index contributed by atoms with van der Waals surface area (Å²) in [6, 6.07) is 13.0. The number of amidine groups is 1. The summed E-state index contributed by atoms with van der Waals surface area (Å²) in [6.45, 7) is 2.23. The highest BCUT2D eigenvalue weighted by Gasteiger charge is 2.50. The van der Waals surface area contributed by atoms with Gasteiger partial charge >= 0.3 is 5.97 Å². The number of esters is 1. The Morgan fingerprint density at radius 3 is 2.62 bits per heavy atom. The second-order valence-corrected chi connectivity index (χ2v) is 8.73. The molecule has 0 unspecified atom stereocenters. The molecule has 0 amide bonds. The fourth-order valence-corrected chi connectivity index (χ4v) is 4.07. The maximum atomic E-state index is 14.3. The van der Waals surface area contributed by atoms with Crippen molar-refractivity contribution in [2.45, 2.75) is 45.6 Å². The van der Waals surface area contributed by atoms with E-state index in [1.165, 1.54) is 12.3 Å². The van der Waals surface area contributed by atoms with Gasteiger partial charge in [-0.15, -0.1) is 0 Å². The lowest BCUT2D eigenvalue weighted by Gasteiger charge is -2.15. The molecule has 0 aliphatic heterocycles. The second-order valence-electron chi connectivity index (χ2n) is 8.73. The Bertz CT molecular complexity index is 1210. The summed E-state index contributed by atoms with van der Waals surface area (Å²) in [6.07, 6.45) is 7.25. The Labute approximate surface area is 197 Å². The van der Waals surface area contributed by atoms with Crippen LogP contribution in [0.3, 0.4) is 0 Å². The molecule has 34 heavy (non-hydrogen) atoms. The largest absolute Gasteiger partial charge is 0.460 e. The van der Waals surface area contributed by atoms with Crippen molar-refractivity contribution in [3.05, 3.63) is 83.2 Å². The number of aryl methyl sites for hydroxylation is 2. The van der Waals surface area contributed by atoms with E-state index in [0.717, 1.165) is 54.5 Å². The first-order chi connectivity index (χ1) is 16.4. The third-order valence-corrected chi connectivity index (χ3v) is 6.26. The minimum atomic E-state index is -0.676. The number of nitrogens with zero attached hydrogens (tertiary/aromatic N) is 3. The topological polar surface area (TPSA) is 111 Å². The predicted octanol–water partition coefficient (Wildman–Crippen LogP) is 4.53. The van der Waals surface area contributed by atoms with Crippen molar-refractivity contribution in [3.63, 3.8) is 0 Å². The summed E-state index contributed by atoms with van der Waals surface area (Å²) in [7, 11) is 0. The highest BCUT2D eigenvalue weighted by Crippen LogP contribution is 2.51. The number of carbonyl (C=O) groups is 1. The molecule has 0 radical (unpaired) electrons. The van der Waals surface area contributed by atoms with Crippen molar-refractivity contribution >= 4 is 11.8 Å². The van der Waals surface area contributed by atoms with E-state index in [2.05, 4.69) is 15.1 Å². The van der Waals surface area contributed by atoms with Crippen LogP contribution in [0.4, 0.5) is 4.39 Å². The highest BCUT2D eigenvalue weighted by molar-refractivity contribution is 5.95. The number of pyridine rings is 2. The zero-order chi connectivity index (χ0) is 24.1. The van der Waals surface area contributed by atoms with Gasteiger partial charge < -0.3 is 15.7 Å². The van der Waals surface area contributed by atoms with Gasteiger partial charge in [-0.25, -0.2) is 9.37 Å². The summed E-state index contributed by atoms with van der Waals surface area (Å²) >= 11 is 0. The summed E-state index contributed by atoms with van der Waals surface area (Å²) < 4.78 is 19.9. The minimum absolute atomic E-state index is 0.110. The molecule has 2 aromatic heterocycles. The quantitative estimate of drug-likeness (QED) is 0.159. The lowest BCUT2D eigenvalue weighted by Crippen LogP contribution is -2.19. The van der Waals surface area contributed by atoms with E-state index < -0.39 is 5.82 Å². The van der Waals surface area contributed by atoms with Gasteiger partial charge in [0.1, 0.15) is 12.3 Å². The number of ether oxygens (including phenoxy) is 1. The molecule has 1 aliphatic rings. The van der Waals surface area contributed by atoms with Crippen molar-refractivity contribution in [3.8, 4) is 11.1 Å². The Kier molecular flexibility index (Phi) is 6.86. The van der Waals surface area contributed by atoms with Crippen LogP contribution < -0.4 is 5.73 Å². The molecule has 7 nitrogen and oxygen atoms in total. The molecule has 1 aromatic carbocycles. The molecule has 3 N–H and O–H groups in total. The summed E-state index contributed by atoms with van der Waals surface area (Å²) in [5, 5.41) is 11.5. The fourth-order valence-electron chi connectivity index (χ4n) is 4.07. The third-order valence-electron chi connectivity index (χ3n) is 6.26. The number of halogens is 1. The van der Waals surface area contributed by atoms with Crippen LogP contribution >= 0.6 is 0 Å². The van der Waals surface area contributed by atoms with Gasteiger partial charge in [0, 0.05) is 29.2 Å². The van der Waals surface area contributed by atoms with Crippen LogP contribution in [0.5, 0.6) is 0 Å². The van der Waals surface area contributed by atoms with E-state index in [1.807, 2.05) is 43.3 Å². The van der Waals surface area contributed by atoms with E-state index in [0.29, 0.717) is 12.2 Å². The van der Waals surface area contributed by atoms with Gasteiger partial charge in [0.25, 0.3) is 0 Å². The van der Waals surface area contributed by atoms with Gasteiger partial charge in [-0.1, -0.05) is 35.5 Å². The van der Waals surface area contributed by atoms with Crippen LogP contribution in [-0.4, -0.2) is 27.0 Å². The van der Waals surface area contributed by atoms with Crippen molar-refractivity contribution in [2.75, 3.05) is 0 Å². The number of nitrogens with two attached hydrogens (primary N) is 1. The lowest BCUT2D eigenvalue weighted by molar-refractivity contribution is -0.152. The molecule has 0 saturated heterocycles. The first-order valence-electron chi connectivity index (χ1n) is 11.2. The minimum Gasteiger partial charge on any atom is -0.460 e. The molecule has 3 aromatic rings. The highest BCUT2D eigenvalue weighted by atomic mass is 19.1. The average Bonchev–Trinajstić information content (AvgIpc) is 3.64. The summed E-state index contributed by atoms with van der Waals surface area (Å²) in [4.78, 5) is 21.1. The van der Waals surface area contributed by atoms with Gasteiger partial charge in [-0.3, -0.25) is 9.78 Å². The average molecular weight is 463 g/mol. The summed E-state index contributed by atoms with van der Waals surface area (Å²) in [5.74, 6) is -1.17. The van der Waals surface area contributed by atoms with Gasteiger partial charge in [-0.2, -0.15) is 0 Å². The Hall–Kier alpha value is -3.81. The Morgan fingerprint density at radius 1 is 1.21 bits per heavy atom. The predicted molar refractivity (Wildman–Crippen MR) is 126 cm³/mol. The molecule has 8 heteroatoms. The van der Waals surface area contributed by atoms with Gasteiger partial charge in [0.2, 0.25) is 0 Å². The molecule has 0 spiro atoms. The molecule has 1 saturated carbocycles. The smallest absolute Gasteiger partial charge is 0.312 e. The fraction of sp³-hybridized carbons (Fsp3) is 0.308. The van der Waals surface area contributed by atoms with Crippen LogP contribution in [-0.2, 0) is 22.6 Å². The van der Waals surface area contributed by atoms with Gasteiger partial charge in [-0.05, 0) is 62.3 Å². The molecular formula is C26H27FN4O3. The van der Waals surface area contributed by atoms with Crippen molar-refractivity contribution in [1.82, 2.24) is 9.97 Å².